The topological polar surface area (TPSA) is 47.3 Å². The van der Waals surface area contributed by atoms with Gasteiger partial charge in [-0.1, -0.05) is 49.4 Å². The third-order valence-electron chi connectivity index (χ3n) is 4.96. The van der Waals surface area contributed by atoms with Crippen molar-refractivity contribution in [3.8, 4) is 17.2 Å². The Balaban J connectivity index is 1.65. The van der Waals surface area contributed by atoms with Crippen molar-refractivity contribution in [2.24, 2.45) is 0 Å². The van der Waals surface area contributed by atoms with E-state index < -0.39 is 0 Å². The number of rotatable bonds is 4. The Hall–Kier alpha value is -2.64. The van der Waals surface area contributed by atoms with Crippen LogP contribution in [0, 0.1) is 11.3 Å². The molecule has 1 amide bonds. The number of nitrogens with zero attached hydrogens (tertiary/aromatic N) is 3. The summed E-state index contributed by atoms with van der Waals surface area (Å²) in [7, 11) is 0. The molecule has 3 rings (SSSR count). The number of hydrogen-bond donors (Lipinski definition) is 0. The normalized spacial score (nSPS) is 15.3. The van der Waals surface area contributed by atoms with Crippen LogP contribution in [0.3, 0.4) is 0 Å². The summed E-state index contributed by atoms with van der Waals surface area (Å²) in [5.41, 5.74) is 4.01. The standard InChI is InChI=1S/C22H25N3O/c1-2-22(26)25-13-5-12-24(14-15-25)17-18-8-10-19(11-9-18)21-7-4-3-6-20(21)16-23/h3-4,6-11H,2,5,12-15,17H2,1H3. The number of benzene rings is 2. The summed E-state index contributed by atoms with van der Waals surface area (Å²) in [6.07, 6.45) is 1.62. The summed E-state index contributed by atoms with van der Waals surface area (Å²) in [6.45, 7) is 6.45. The van der Waals surface area contributed by atoms with E-state index in [1.807, 2.05) is 36.1 Å². The first-order valence-electron chi connectivity index (χ1n) is 9.30. The van der Waals surface area contributed by atoms with Crippen molar-refractivity contribution >= 4 is 5.91 Å². The molecule has 4 nitrogen and oxygen atoms in total. The lowest BCUT2D eigenvalue weighted by molar-refractivity contribution is -0.130. The highest BCUT2D eigenvalue weighted by atomic mass is 16.2. The second kappa shape index (κ2) is 8.64. The Kier molecular flexibility index (Phi) is 6.04. The van der Waals surface area contributed by atoms with Crippen LogP contribution in [-0.4, -0.2) is 41.9 Å². The van der Waals surface area contributed by atoms with Gasteiger partial charge in [0.2, 0.25) is 5.91 Å². The molecule has 2 aromatic carbocycles. The van der Waals surface area contributed by atoms with Crippen molar-refractivity contribution in [2.75, 3.05) is 26.2 Å². The molecule has 1 heterocycles. The Morgan fingerprint density at radius 3 is 2.54 bits per heavy atom. The van der Waals surface area contributed by atoms with Crippen molar-refractivity contribution in [3.63, 3.8) is 0 Å². The fourth-order valence-corrected chi connectivity index (χ4v) is 3.48. The quantitative estimate of drug-likeness (QED) is 0.848. The Morgan fingerprint density at radius 2 is 1.81 bits per heavy atom. The Morgan fingerprint density at radius 1 is 1.04 bits per heavy atom. The van der Waals surface area contributed by atoms with E-state index in [1.165, 1.54) is 5.56 Å². The lowest BCUT2D eigenvalue weighted by atomic mass is 9.99. The van der Waals surface area contributed by atoms with E-state index in [0.29, 0.717) is 12.0 Å². The van der Waals surface area contributed by atoms with Crippen molar-refractivity contribution in [1.82, 2.24) is 9.80 Å². The van der Waals surface area contributed by atoms with Crippen LogP contribution in [0.1, 0.15) is 30.9 Å². The van der Waals surface area contributed by atoms with Gasteiger partial charge in [-0.3, -0.25) is 9.69 Å². The Bertz CT molecular complexity index is 792. The van der Waals surface area contributed by atoms with Crippen LogP contribution in [0.2, 0.25) is 0 Å². The summed E-state index contributed by atoms with van der Waals surface area (Å²) < 4.78 is 0. The summed E-state index contributed by atoms with van der Waals surface area (Å²) in [5.74, 6) is 0.257. The SMILES string of the molecule is CCC(=O)N1CCCN(Cc2ccc(-c3ccccc3C#N)cc2)CC1. The number of nitriles is 1. The largest absolute Gasteiger partial charge is 0.341 e. The van der Waals surface area contributed by atoms with E-state index in [4.69, 9.17) is 0 Å². The third-order valence-corrected chi connectivity index (χ3v) is 4.96. The molecule has 134 valence electrons. The van der Waals surface area contributed by atoms with Gasteiger partial charge in [-0.2, -0.15) is 5.26 Å². The monoisotopic (exact) mass is 347 g/mol. The molecular weight excluding hydrogens is 322 g/mol. The first-order valence-corrected chi connectivity index (χ1v) is 9.30. The number of carbonyl (C=O) groups is 1. The minimum Gasteiger partial charge on any atom is -0.341 e. The zero-order valence-electron chi connectivity index (χ0n) is 15.3. The van der Waals surface area contributed by atoms with Crippen molar-refractivity contribution in [2.45, 2.75) is 26.3 Å². The van der Waals surface area contributed by atoms with E-state index in [9.17, 15) is 10.1 Å². The van der Waals surface area contributed by atoms with Crippen molar-refractivity contribution in [1.29, 1.82) is 5.26 Å². The van der Waals surface area contributed by atoms with Crippen molar-refractivity contribution < 1.29 is 4.79 Å². The van der Waals surface area contributed by atoms with Crippen LogP contribution in [0.5, 0.6) is 0 Å². The number of carbonyl (C=O) groups excluding carboxylic acids is 1. The van der Waals surface area contributed by atoms with Gasteiger partial charge in [-0.25, -0.2) is 0 Å². The zero-order valence-corrected chi connectivity index (χ0v) is 15.3. The summed E-state index contributed by atoms with van der Waals surface area (Å²) >= 11 is 0. The maximum Gasteiger partial charge on any atom is 0.222 e. The molecule has 0 unspecified atom stereocenters. The van der Waals surface area contributed by atoms with E-state index in [2.05, 4.69) is 35.2 Å². The maximum atomic E-state index is 11.9. The van der Waals surface area contributed by atoms with Gasteiger partial charge < -0.3 is 4.90 Å². The van der Waals surface area contributed by atoms with Gasteiger partial charge in [-0.05, 0) is 29.2 Å². The molecule has 1 fully saturated rings. The minimum absolute atomic E-state index is 0.257. The molecule has 1 aliphatic rings. The minimum atomic E-state index is 0.257. The van der Waals surface area contributed by atoms with E-state index in [-0.39, 0.29) is 5.91 Å². The van der Waals surface area contributed by atoms with Gasteiger partial charge in [0, 0.05) is 39.1 Å². The van der Waals surface area contributed by atoms with Gasteiger partial charge in [0.25, 0.3) is 0 Å². The van der Waals surface area contributed by atoms with E-state index in [0.717, 1.165) is 50.3 Å². The lowest BCUT2D eigenvalue weighted by Gasteiger charge is -2.21. The fraction of sp³-hybridized carbons (Fsp3) is 0.364. The third kappa shape index (κ3) is 4.30. The van der Waals surface area contributed by atoms with Crippen LogP contribution in [0.15, 0.2) is 48.5 Å². The van der Waals surface area contributed by atoms with Gasteiger partial charge in [-0.15, -0.1) is 0 Å². The second-order valence-electron chi connectivity index (χ2n) is 6.72. The molecule has 1 saturated heterocycles. The van der Waals surface area contributed by atoms with E-state index >= 15 is 0 Å². The van der Waals surface area contributed by atoms with Gasteiger partial charge in [0.1, 0.15) is 0 Å². The first kappa shape index (κ1) is 18.2. The molecule has 0 aliphatic carbocycles. The first-order chi connectivity index (χ1) is 12.7. The fourth-order valence-electron chi connectivity index (χ4n) is 3.48. The highest BCUT2D eigenvalue weighted by Gasteiger charge is 2.17. The lowest BCUT2D eigenvalue weighted by Crippen LogP contribution is -2.34. The van der Waals surface area contributed by atoms with E-state index in [1.54, 1.807) is 0 Å². The maximum absolute atomic E-state index is 11.9. The molecule has 0 radical (unpaired) electrons. The summed E-state index contributed by atoms with van der Waals surface area (Å²) in [4.78, 5) is 16.3. The van der Waals surface area contributed by atoms with Crippen LogP contribution in [0.4, 0.5) is 0 Å². The van der Waals surface area contributed by atoms with Crippen LogP contribution in [-0.2, 0) is 11.3 Å². The van der Waals surface area contributed by atoms with Gasteiger partial charge in [0.05, 0.1) is 11.6 Å². The second-order valence-corrected chi connectivity index (χ2v) is 6.72. The van der Waals surface area contributed by atoms with Crippen LogP contribution in [0.25, 0.3) is 11.1 Å². The number of amides is 1. The number of hydrogen-bond acceptors (Lipinski definition) is 3. The highest BCUT2D eigenvalue weighted by molar-refractivity contribution is 5.75. The average molecular weight is 347 g/mol. The molecule has 4 heteroatoms. The average Bonchev–Trinajstić information content (AvgIpc) is 2.93. The molecule has 26 heavy (non-hydrogen) atoms. The van der Waals surface area contributed by atoms with Gasteiger partial charge >= 0.3 is 0 Å². The van der Waals surface area contributed by atoms with Gasteiger partial charge in [0.15, 0.2) is 0 Å². The predicted octanol–water partition coefficient (Wildman–Crippen LogP) is 3.67. The summed E-state index contributed by atoms with van der Waals surface area (Å²) in [6, 6.07) is 18.4. The van der Waals surface area contributed by atoms with Crippen LogP contribution < -0.4 is 0 Å². The van der Waals surface area contributed by atoms with Crippen molar-refractivity contribution in [3.05, 3.63) is 59.7 Å². The van der Waals surface area contributed by atoms with Crippen LogP contribution >= 0.6 is 0 Å². The molecule has 0 spiro atoms. The smallest absolute Gasteiger partial charge is 0.222 e. The molecule has 0 bridgehead atoms. The predicted molar refractivity (Wildman–Crippen MR) is 103 cm³/mol. The summed E-state index contributed by atoms with van der Waals surface area (Å²) in [5, 5.41) is 9.27. The molecule has 0 aromatic heterocycles. The molecule has 0 N–H and O–H groups in total. The molecular formula is C22H25N3O. The molecule has 2 aromatic rings. The molecule has 0 atom stereocenters. The molecule has 0 saturated carbocycles. The molecule has 1 aliphatic heterocycles. The highest BCUT2D eigenvalue weighted by Crippen LogP contribution is 2.24. The zero-order chi connectivity index (χ0) is 18.4. The Labute approximate surface area is 155 Å².